The number of halogens is 1. The second kappa shape index (κ2) is 9.48. The minimum atomic E-state index is -0.314. The van der Waals surface area contributed by atoms with Crippen molar-refractivity contribution in [3.05, 3.63) is 78.7 Å². The Kier molecular flexibility index (Phi) is 6.11. The number of hydrogen-bond donors (Lipinski definition) is 1. The molecule has 0 saturated carbocycles. The molecule has 33 heavy (non-hydrogen) atoms. The summed E-state index contributed by atoms with van der Waals surface area (Å²) in [6.07, 6.45) is 11.3. The van der Waals surface area contributed by atoms with Gasteiger partial charge in [0.25, 0.3) is 0 Å². The highest BCUT2D eigenvalue weighted by Gasteiger charge is 2.33. The molecule has 5 rings (SSSR count). The maximum Gasteiger partial charge on any atom is 0.226 e. The molecule has 1 aliphatic carbocycles. The molecule has 0 radical (unpaired) electrons. The third-order valence-corrected chi connectivity index (χ3v) is 6.30. The Morgan fingerprint density at radius 2 is 1.94 bits per heavy atom. The lowest BCUT2D eigenvalue weighted by molar-refractivity contribution is -0.134. The Hall–Kier alpha value is -3.61. The van der Waals surface area contributed by atoms with Gasteiger partial charge in [0.05, 0.1) is 5.69 Å². The number of aromatic nitrogens is 3. The van der Waals surface area contributed by atoms with Crippen molar-refractivity contribution in [2.75, 3.05) is 18.4 Å². The van der Waals surface area contributed by atoms with Gasteiger partial charge in [-0.25, -0.2) is 14.4 Å². The molecule has 2 aliphatic rings. The van der Waals surface area contributed by atoms with Gasteiger partial charge in [-0.2, -0.15) is 0 Å². The van der Waals surface area contributed by atoms with E-state index in [0.717, 1.165) is 43.5 Å². The monoisotopic (exact) mass is 443 g/mol. The standard InChI is InChI=1S/C26H26FN5O/c27-21-7-4-8-22(15-21)29-24-16-23(18-9-12-28-13-10-18)30-25(31-24)20-11-14-32(17-20)26(33)19-5-2-1-3-6-19/h1-2,4,7-10,12-13,15-16,19-20H,3,5-6,11,14,17H2,(H,29,30,31). The van der Waals surface area contributed by atoms with Crippen molar-refractivity contribution in [2.45, 2.75) is 31.6 Å². The highest BCUT2D eigenvalue weighted by atomic mass is 19.1. The third kappa shape index (κ3) is 4.92. The molecule has 168 valence electrons. The Balaban J connectivity index is 1.41. The zero-order valence-electron chi connectivity index (χ0n) is 18.3. The highest BCUT2D eigenvalue weighted by Crippen LogP contribution is 2.31. The topological polar surface area (TPSA) is 71.0 Å². The summed E-state index contributed by atoms with van der Waals surface area (Å²) in [7, 11) is 0. The average Bonchev–Trinajstić information content (AvgIpc) is 3.35. The number of nitrogens with zero attached hydrogens (tertiary/aromatic N) is 4. The van der Waals surface area contributed by atoms with Crippen molar-refractivity contribution < 1.29 is 9.18 Å². The van der Waals surface area contributed by atoms with Crippen LogP contribution in [0.3, 0.4) is 0 Å². The molecule has 1 saturated heterocycles. The van der Waals surface area contributed by atoms with Crippen LogP contribution in [-0.2, 0) is 4.79 Å². The Bertz CT molecular complexity index is 1170. The van der Waals surface area contributed by atoms with Crippen LogP contribution in [0.15, 0.2) is 67.0 Å². The minimum Gasteiger partial charge on any atom is -0.342 e. The zero-order chi connectivity index (χ0) is 22.6. The van der Waals surface area contributed by atoms with E-state index < -0.39 is 0 Å². The van der Waals surface area contributed by atoms with Crippen molar-refractivity contribution in [3.8, 4) is 11.3 Å². The first-order chi connectivity index (χ1) is 16.2. The van der Waals surface area contributed by atoms with Gasteiger partial charge >= 0.3 is 0 Å². The molecule has 3 heterocycles. The number of nitrogens with one attached hydrogen (secondary N) is 1. The lowest BCUT2D eigenvalue weighted by Gasteiger charge is -2.24. The summed E-state index contributed by atoms with van der Waals surface area (Å²) in [6, 6.07) is 12.0. The van der Waals surface area contributed by atoms with Crippen LogP contribution < -0.4 is 5.32 Å². The van der Waals surface area contributed by atoms with Gasteiger partial charge in [-0.3, -0.25) is 9.78 Å². The molecule has 6 nitrogen and oxygen atoms in total. The van der Waals surface area contributed by atoms with Crippen LogP contribution in [-0.4, -0.2) is 38.8 Å². The van der Waals surface area contributed by atoms with Crippen LogP contribution >= 0.6 is 0 Å². The zero-order valence-corrected chi connectivity index (χ0v) is 18.3. The lowest BCUT2D eigenvalue weighted by atomic mass is 9.93. The summed E-state index contributed by atoms with van der Waals surface area (Å²) in [6.45, 7) is 1.34. The Morgan fingerprint density at radius 1 is 1.06 bits per heavy atom. The van der Waals surface area contributed by atoms with Gasteiger partial charge < -0.3 is 10.2 Å². The molecule has 2 unspecified atom stereocenters. The fraction of sp³-hybridized carbons (Fsp3) is 0.308. The van der Waals surface area contributed by atoms with Gasteiger partial charge in [-0.15, -0.1) is 0 Å². The third-order valence-electron chi connectivity index (χ3n) is 6.30. The van der Waals surface area contributed by atoms with E-state index in [-0.39, 0.29) is 23.6 Å². The van der Waals surface area contributed by atoms with Crippen molar-refractivity contribution >= 4 is 17.4 Å². The van der Waals surface area contributed by atoms with Crippen molar-refractivity contribution in [2.24, 2.45) is 5.92 Å². The fourth-order valence-electron chi connectivity index (χ4n) is 4.54. The fourth-order valence-corrected chi connectivity index (χ4v) is 4.54. The summed E-state index contributed by atoms with van der Waals surface area (Å²) < 4.78 is 13.7. The van der Waals surface area contributed by atoms with E-state index in [1.165, 1.54) is 12.1 Å². The SMILES string of the molecule is O=C(C1CC=CCC1)N1CCC(c2nc(Nc3cccc(F)c3)cc(-c3ccncc3)n2)C1. The first kappa shape index (κ1) is 21.2. The van der Waals surface area contributed by atoms with Crippen LogP contribution in [0, 0.1) is 11.7 Å². The van der Waals surface area contributed by atoms with E-state index in [2.05, 4.69) is 22.5 Å². The number of benzene rings is 1. The number of pyridine rings is 1. The van der Waals surface area contributed by atoms with E-state index in [9.17, 15) is 9.18 Å². The molecule has 1 aliphatic heterocycles. The van der Waals surface area contributed by atoms with Crippen LogP contribution in [0.2, 0.25) is 0 Å². The quantitative estimate of drug-likeness (QED) is 0.556. The number of allylic oxidation sites excluding steroid dienone is 2. The van der Waals surface area contributed by atoms with Crippen molar-refractivity contribution in [1.29, 1.82) is 0 Å². The predicted molar refractivity (Wildman–Crippen MR) is 125 cm³/mol. The summed E-state index contributed by atoms with van der Waals surface area (Å²) in [4.78, 5) is 28.7. The minimum absolute atomic E-state index is 0.0583. The molecule has 2 aromatic heterocycles. The van der Waals surface area contributed by atoms with Gasteiger partial charge in [0, 0.05) is 54.6 Å². The van der Waals surface area contributed by atoms with E-state index in [0.29, 0.717) is 23.9 Å². The first-order valence-electron chi connectivity index (χ1n) is 11.4. The van der Waals surface area contributed by atoms with E-state index in [1.807, 2.05) is 23.1 Å². The molecular formula is C26H26FN5O. The maximum atomic E-state index is 13.7. The van der Waals surface area contributed by atoms with Crippen LogP contribution in [0.5, 0.6) is 0 Å². The summed E-state index contributed by atoms with van der Waals surface area (Å²) in [5.74, 6) is 1.36. The molecule has 1 N–H and O–H groups in total. The van der Waals surface area contributed by atoms with Crippen molar-refractivity contribution in [1.82, 2.24) is 19.9 Å². The number of rotatable bonds is 5. The highest BCUT2D eigenvalue weighted by molar-refractivity contribution is 5.79. The molecule has 2 atom stereocenters. The predicted octanol–water partition coefficient (Wildman–Crippen LogP) is 5.09. The maximum absolute atomic E-state index is 13.7. The van der Waals surface area contributed by atoms with E-state index in [1.54, 1.807) is 24.5 Å². The summed E-state index contributed by atoms with van der Waals surface area (Å²) in [5, 5.41) is 3.21. The average molecular weight is 444 g/mol. The number of likely N-dealkylation sites (tertiary alicyclic amines) is 1. The van der Waals surface area contributed by atoms with Gasteiger partial charge in [0.2, 0.25) is 5.91 Å². The molecule has 1 aromatic carbocycles. The first-order valence-corrected chi connectivity index (χ1v) is 11.4. The number of hydrogen-bond acceptors (Lipinski definition) is 5. The normalized spacial score (nSPS) is 20.1. The number of amides is 1. The number of carbonyl (C=O) groups is 1. The Labute approximate surface area is 192 Å². The summed E-state index contributed by atoms with van der Waals surface area (Å²) in [5.41, 5.74) is 2.31. The molecule has 0 bridgehead atoms. The Morgan fingerprint density at radius 3 is 2.73 bits per heavy atom. The van der Waals surface area contributed by atoms with Gasteiger partial charge in [0.15, 0.2) is 0 Å². The van der Waals surface area contributed by atoms with E-state index >= 15 is 0 Å². The molecule has 0 spiro atoms. The smallest absolute Gasteiger partial charge is 0.226 e. The van der Waals surface area contributed by atoms with Crippen LogP contribution in [0.25, 0.3) is 11.3 Å². The second-order valence-corrected chi connectivity index (χ2v) is 8.62. The molecule has 1 amide bonds. The molecule has 1 fully saturated rings. The molecular weight excluding hydrogens is 417 g/mol. The molecule has 3 aromatic rings. The van der Waals surface area contributed by atoms with E-state index in [4.69, 9.17) is 9.97 Å². The summed E-state index contributed by atoms with van der Waals surface area (Å²) >= 11 is 0. The van der Waals surface area contributed by atoms with Crippen LogP contribution in [0.4, 0.5) is 15.9 Å². The molecule has 7 heteroatoms. The number of carbonyl (C=O) groups excluding carboxylic acids is 1. The number of anilines is 2. The lowest BCUT2D eigenvalue weighted by Crippen LogP contribution is -2.34. The largest absolute Gasteiger partial charge is 0.342 e. The van der Waals surface area contributed by atoms with Gasteiger partial charge in [-0.05, 0) is 56.0 Å². The van der Waals surface area contributed by atoms with Gasteiger partial charge in [-0.1, -0.05) is 18.2 Å². The second-order valence-electron chi connectivity index (χ2n) is 8.62. The van der Waals surface area contributed by atoms with Crippen LogP contribution in [0.1, 0.15) is 37.4 Å². The van der Waals surface area contributed by atoms with Crippen molar-refractivity contribution in [3.63, 3.8) is 0 Å². The van der Waals surface area contributed by atoms with Gasteiger partial charge in [0.1, 0.15) is 17.5 Å².